The molecule has 1 atom stereocenters. The smallest absolute Gasteiger partial charge is 0.283 e. The Balaban J connectivity index is 1.98. The maximum absolute atomic E-state index is 13.0. The van der Waals surface area contributed by atoms with E-state index in [1.165, 1.54) is 4.90 Å². The first kappa shape index (κ1) is 17.0. The minimum atomic E-state index is -0.413. The van der Waals surface area contributed by atoms with Crippen molar-refractivity contribution in [3.63, 3.8) is 0 Å². The molecule has 5 heteroatoms. The molecule has 1 saturated heterocycles. The number of rotatable bonds is 3. The fraction of sp³-hybridized carbons (Fsp3) is 0.474. The lowest BCUT2D eigenvalue weighted by Gasteiger charge is -2.37. The lowest BCUT2D eigenvalue weighted by molar-refractivity contribution is -0.121. The third-order valence-electron chi connectivity index (χ3n) is 4.98. The third-order valence-corrected chi connectivity index (χ3v) is 5.32. The van der Waals surface area contributed by atoms with Crippen LogP contribution in [0, 0.1) is 13.8 Å². The standard InChI is InChI=1S/C19H23ClN2O2/c1-4-14-7-5-6-10-21(14)17-16(20)18(23)22(19(17)24)15-9-8-12(2)11-13(15)3/h8-9,11,14H,4-7,10H2,1-3H3. The van der Waals surface area contributed by atoms with Crippen molar-refractivity contribution >= 4 is 29.1 Å². The molecule has 1 unspecified atom stereocenters. The van der Waals surface area contributed by atoms with Gasteiger partial charge in [-0.3, -0.25) is 9.59 Å². The number of benzene rings is 1. The van der Waals surface area contributed by atoms with Crippen LogP contribution in [0.2, 0.25) is 0 Å². The van der Waals surface area contributed by atoms with E-state index in [0.29, 0.717) is 11.4 Å². The van der Waals surface area contributed by atoms with Crippen LogP contribution in [0.3, 0.4) is 0 Å². The molecule has 0 bridgehead atoms. The van der Waals surface area contributed by atoms with Crippen LogP contribution in [-0.2, 0) is 9.59 Å². The summed E-state index contributed by atoms with van der Waals surface area (Å²) in [6.07, 6.45) is 4.16. The zero-order valence-electron chi connectivity index (χ0n) is 14.4. The average Bonchev–Trinajstić information content (AvgIpc) is 2.78. The van der Waals surface area contributed by atoms with Crippen LogP contribution in [0.5, 0.6) is 0 Å². The Labute approximate surface area is 148 Å². The highest BCUT2D eigenvalue weighted by Crippen LogP contribution is 2.36. The summed E-state index contributed by atoms with van der Waals surface area (Å²) in [4.78, 5) is 29.0. The number of nitrogens with zero attached hydrogens (tertiary/aromatic N) is 2. The maximum Gasteiger partial charge on any atom is 0.283 e. The summed E-state index contributed by atoms with van der Waals surface area (Å²) in [6, 6.07) is 5.97. The highest BCUT2D eigenvalue weighted by atomic mass is 35.5. The van der Waals surface area contributed by atoms with E-state index in [1.807, 2.05) is 32.0 Å². The SMILES string of the molecule is CCC1CCCCN1C1=C(Cl)C(=O)N(c2ccc(C)cc2C)C1=O. The van der Waals surface area contributed by atoms with E-state index >= 15 is 0 Å². The Morgan fingerprint density at radius 1 is 1.17 bits per heavy atom. The summed E-state index contributed by atoms with van der Waals surface area (Å²) >= 11 is 6.33. The molecule has 0 saturated carbocycles. The van der Waals surface area contributed by atoms with E-state index in [9.17, 15) is 9.59 Å². The van der Waals surface area contributed by atoms with Crippen molar-refractivity contribution in [3.8, 4) is 0 Å². The van der Waals surface area contributed by atoms with Gasteiger partial charge in [-0.25, -0.2) is 4.90 Å². The van der Waals surface area contributed by atoms with Gasteiger partial charge in [-0.05, 0) is 51.2 Å². The van der Waals surface area contributed by atoms with Crippen LogP contribution in [0.25, 0.3) is 0 Å². The predicted octanol–water partition coefficient (Wildman–Crippen LogP) is 3.89. The van der Waals surface area contributed by atoms with Gasteiger partial charge in [0.2, 0.25) is 0 Å². The monoisotopic (exact) mass is 346 g/mol. The number of piperidine rings is 1. The second-order valence-corrected chi connectivity index (χ2v) is 7.03. The fourth-order valence-corrected chi connectivity index (χ4v) is 4.01. The summed E-state index contributed by atoms with van der Waals surface area (Å²) < 4.78 is 0. The first-order valence-electron chi connectivity index (χ1n) is 8.58. The molecule has 0 N–H and O–H groups in total. The van der Waals surface area contributed by atoms with Crippen LogP contribution < -0.4 is 4.90 Å². The van der Waals surface area contributed by atoms with Crippen molar-refractivity contribution in [3.05, 3.63) is 40.1 Å². The summed E-state index contributed by atoms with van der Waals surface area (Å²) in [5.74, 6) is -0.707. The molecule has 2 amide bonds. The Morgan fingerprint density at radius 2 is 1.92 bits per heavy atom. The Morgan fingerprint density at radius 3 is 2.58 bits per heavy atom. The number of amides is 2. The second-order valence-electron chi connectivity index (χ2n) is 6.65. The van der Waals surface area contributed by atoms with Crippen molar-refractivity contribution in [1.29, 1.82) is 0 Å². The van der Waals surface area contributed by atoms with Gasteiger partial charge < -0.3 is 4.90 Å². The minimum Gasteiger partial charge on any atom is -0.363 e. The van der Waals surface area contributed by atoms with Crippen LogP contribution in [0.4, 0.5) is 5.69 Å². The lowest BCUT2D eigenvalue weighted by atomic mass is 9.99. The van der Waals surface area contributed by atoms with Crippen LogP contribution >= 0.6 is 11.6 Å². The van der Waals surface area contributed by atoms with E-state index in [0.717, 1.165) is 43.4 Å². The number of hydrogen-bond donors (Lipinski definition) is 0. The second kappa shape index (κ2) is 6.60. The molecule has 1 aromatic carbocycles. The number of anilines is 1. The number of hydrogen-bond acceptors (Lipinski definition) is 3. The van der Waals surface area contributed by atoms with Gasteiger partial charge in [0.1, 0.15) is 10.7 Å². The molecule has 0 aliphatic carbocycles. The topological polar surface area (TPSA) is 40.6 Å². The van der Waals surface area contributed by atoms with Gasteiger partial charge >= 0.3 is 0 Å². The number of aryl methyl sites for hydroxylation is 2. The minimum absolute atomic E-state index is 0.0559. The van der Waals surface area contributed by atoms with E-state index in [1.54, 1.807) is 0 Å². The summed E-state index contributed by atoms with van der Waals surface area (Å²) in [5.41, 5.74) is 2.99. The van der Waals surface area contributed by atoms with Crippen molar-refractivity contribution < 1.29 is 9.59 Å². The van der Waals surface area contributed by atoms with E-state index in [2.05, 4.69) is 11.8 Å². The lowest BCUT2D eigenvalue weighted by Crippen LogP contribution is -2.42. The van der Waals surface area contributed by atoms with Crippen molar-refractivity contribution in [2.75, 3.05) is 11.4 Å². The highest BCUT2D eigenvalue weighted by molar-refractivity contribution is 6.52. The van der Waals surface area contributed by atoms with Crippen LogP contribution in [0.15, 0.2) is 28.9 Å². The predicted molar refractivity (Wildman–Crippen MR) is 95.9 cm³/mol. The molecular formula is C19H23ClN2O2. The first-order chi connectivity index (χ1) is 11.5. The summed E-state index contributed by atoms with van der Waals surface area (Å²) in [5, 5.41) is 0.0559. The molecule has 2 heterocycles. The van der Waals surface area contributed by atoms with Crippen molar-refractivity contribution in [2.24, 2.45) is 0 Å². The quantitative estimate of drug-likeness (QED) is 0.779. The number of carbonyl (C=O) groups excluding carboxylic acids is 2. The van der Waals surface area contributed by atoms with Gasteiger partial charge in [0.05, 0.1) is 5.69 Å². The highest BCUT2D eigenvalue weighted by Gasteiger charge is 2.43. The maximum atomic E-state index is 13.0. The number of halogens is 1. The molecule has 0 spiro atoms. The summed E-state index contributed by atoms with van der Waals surface area (Å²) in [6.45, 7) is 6.79. The fourth-order valence-electron chi connectivity index (χ4n) is 3.73. The molecule has 1 fully saturated rings. The zero-order valence-corrected chi connectivity index (χ0v) is 15.2. The molecular weight excluding hydrogens is 324 g/mol. The molecule has 128 valence electrons. The first-order valence-corrected chi connectivity index (χ1v) is 8.96. The molecule has 24 heavy (non-hydrogen) atoms. The van der Waals surface area contributed by atoms with Gasteiger partial charge in [0, 0.05) is 12.6 Å². The Kier molecular flexibility index (Phi) is 4.68. The van der Waals surface area contributed by atoms with Crippen LogP contribution in [-0.4, -0.2) is 29.3 Å². The number of likely N-dealkylation sites (tertiary alicyclic amines) is 1. The molecule has 4 nitrogen and oxygen atoms in total. The molecule has 1 aromatic rings. The largest absolute Gasteiger partial charge is 0.363 e. The van der Waals surface area contributed by atoms with Gasteiger partial charge in [-0.1, -0.05) is 36.2 Å². The van der Waals surface area contributed by atoms with Gasteiger partial charge in [0.25, 0.3) is 11.8 Å². The normalized spacial score (nSPS) is 21.9. The third kappa shape index (κ3) is 2.73. The van der Waals surface area contributed by atoms with Gasteiger partial charge in [-0.15, -0.1) is 0 Å². The number of carbonyl (C=O) groups is 2. The van der Waals surface area contributed by atoms with Crippen molar-refractivity contribution in [1.82, 2.24) is 4.90 Å². The van der Waals surface area contributed by atoms with E-state index in [4.69, 9.17) is 11.6 Å². The molecule has 0 radical (unpaired) electrons. The van der Waals surface area contributed by atoms with E-state index < -0.39 is 5.91 Å². The molecule has 2 aliphatic heterocycles. The van der Waals surface area contributed by atoms with Gasteiger partial charge in [-0.2, -0.15) is 0 Å². The molecule has 3 rings (SSSR count). The Hall–Kier alpha value is -1.81. The Bertz CT molecular complexity index is 726. The zero-order chi connectivity index (χ0) is 17.4. The van der Waals surface area contributed by atoms with Crippen LogP contribution in [0.1, 0.15) is 43.7 Å². The van der Waals surface area contributed by atoms with Gasteiger partial charge in [0.15, 0.2) is 0 Å². The molecule has 0 aromatic heterocycles. The van der Waals surface area contributed by atoms with E-state index in [-0.39, 0.29) is 17.0 Å². The average molecular weight is 347 g/mol. The van der Waals surface area contributed by atoms with Crippen molar-refractivity contribution in [2.45, 2.75) is 52.5 Å². The molecule has 2 aliphatic rings. The summed E-state index contributed by atoms with van der Waals surface area (Å²) in [7, 11) is 0. The number of imide groups is 1.